The van der Waals surface area contributed by atoms with E-state index < -0.39 is 88.7 Å². The molecule has 1 radical (unpaired) electrons. The molecule has 0 aliphatic rings. The number of carbonyl (C=O) groups excluding carboxylic acids is 3. The maximum Gasteiger partial charge on any atom is 1.00 e. The van der Waals surface area contributed by atoms with Crippen LogP contribution in [0.1, 0.15) is 105 Å². The Hall–Kier alpha value is -11.6. The number of aryl methyl sites for hydroxylation is 2. The number of benzene rings is 2. The molecule has 0 bridgehead atoms. The van der Waals surface area contributed by atoms with Crippen molar-refractivity contribution in [2.24, 2.45) is 0 Å². The summed E-state index contributed by atoms with van der Waals surface area (Å²) in [7, 11) is 0. The van der Waals surface area contributed by atoms with E-state index in [0.29, 0.717) is 29.5 Å². The number of rotatable bonds is 19. The van der Waals surface area contributed by atoms with Gasteiger partial charge in [0, 0.05) is 111 Å². The number of fused-ring (bicyclic) bond motifs is 2. The van der Waals surface area contributed by atoms with Crippen molar-refractivity contribution in [1.29, 1.82) is 0 Å². The molecule has 0 fully saturated rings. The Bertz CT molecular complexity index is 5240. The number of carbonyl (C=O) groups is 5. The summed E-state index contributed by atoms with van der Waals surface area (Å²) in [5.74, 6) is -5.08. The van der Waals surface area contributed by atoms with Gasteiger partial charge in [-0.25, -0.2) is 83.2 Å². The molecule has 0 atom stereocenters. The average molecular weight is 1620 g/mol. The Kier molecular flexibility index (Phi) is 31.0. The van der Waals surface area contributed by atoms with Gasteiger partial charge in [0.1, 0.15) is 11.8 Å². The fraction of sp³-hybridized carbons (Fsp3) is 0.246. The molecule has 12 aromatic rings. The van der Waals surface area contributed by atoms with E-state index in [1.165, 1.54) is 122 Å². The van der Waals surface area contributed by atoms with Crippen LogP contribution in [0, 0.1) is 0 Å². The third kappa shape index (κ3) is 21.4. The minimum Gasteiger partial charge on any atom is -0.542 e. The Morgan fingerprint density at radius 1 is 0.519 bits per heavy atom. The Morgan fingerprint density at radius 2 is 0.907 bits per heavy atom. The number of aromatic carboxylic acids is 3. The SMILES string of the molecule is CCCn1c(=O)c2c(nc(-c3cnn(Cc4cccc(C(F)(F)F)c4)c3)n2C(=O)OCCl)n(CC)c1=O.CCCn1c(=O)c2c(nc(-c3cnn(Cc4cccc(C(F)(F)F)c4)c3)n2COC(=O)c2ncccn2)n(CC)c1=O.O=C(O)c1ncccn1.O=C(O)c1ncccn1.O=C([O-])c1ncccn1.[Ag].[Na+]. The van der Waals surface area contributed by atoms with Crippen LogP contribution in [-0.4, -0.2) is 143 Å². The van der Waals surface area contributed by atoms with Crippen LogP contribution in [0.4, 0.5) is 31.1 Å². The van der Waals surface area contributed by atoms with E-state index in [1.807, 2.05) is 6.92 Å². The van der Waals surface area contributed by atoms with Gasteiger partial charge in [-0.15, -0.1) is 0 Å². The molecule has 0 amide bonds. The fourth-order valence-electron chi connectivity index (χ4n) is 9.78. The second-order valence-electron chi connectivity index (χ2n) is 21.5. The molecule has 0 aliphatic carbocycles. The number of ether oxygens (including phenoxy) is 2. The molecule has 10 aromatic heterocycles. The van der Waals surface area contributed by atoms with Crippen LogP contribution in [0.3, 0.4) is 0 Å². The molecule has 0 saturated carbocycles. The summed E-state index contributed by atoms with van der Waals surface area (Å²) in [4.78, 5) is 146. The first-order chi connectivity index (χ1) is 50.6. The van der Waals surface area contributed by atoms with E-state index in [1.54, 1.807) is 45.2 Å². The zero-order valence-electron chi connectivity index (χ0n) is 57.1. The quantitative estimate of drug-likeness (QED) is 0.0507. The molecule has 2 N–H and O–H groups in total. The third-order valence-electron chi connectivity index (χ3n) is 14.3. The van der Waals surface area contributed by atoms with Crippen molar-refractivity contribution < 1.29 is 127 Å². The number of aromatic nitrogens is 20. The molecule has 10 heterocycles. The van der Waals surface area contributed by atoms with Gasteiger partial charge in [-0.3, -0.25) is 41.8 Å². The molecular weight excluding hydrogens is 1570 g/mol. The number of hydrogen-bond acceptors (Lipinski definition) is 24. The number of alkyl halides is 7. The Labute approximate surface area is 645 Å². The number of imidazole rings is 2. The number of halogens is 7. The largest absolute Gasteiger partial charge is 1.00 e. The molecule has 43 heteroatoms. The van der Waals surface area contributed by atoms with Gasteiger partial charge < -0.3 is 29.6 Å². The van der Waals surface area contributed by atoms with Crippen molar-refractivity contribution in [1.82, 2.24) is 96.8 Å². The standard InChI is InChI=1S/C27H25F3N8O4.C23H22ClF3N6O4.3C5H4N2O2.Ag.Na/c1-3-11-37-24(39)20-23(36(4-2)26(37)41)34-22(38(20)16-42-25(40)21-31-9-6-10-32-21)18-13-33-35(15-18)14-17-7-5-8-19(12-17)27(28,29)30;1-3-8-32-20(34)17-19(31(4-2)21(32)35)29-18(33(17)22(36)37-13-24)15-10-28-30(12-15)11-14-6-5-7-16(9-14)23(25,26)27;3*8-5(9)4-6-2-1-3-7-4;;/h5-10,12-13,15H,3-4,11,14,16H2,1-2H3;5-7,9-10,12H,3-4,8,11,13H2,1-2H3;3*1-3H,(H,8,9);;/q;;;;;;+1/p-1. The normalized spacial score (nSPS) is 10.8. The average Bonchev–Trinajstić information content (AvgIpc) is 1.58. The summed E-state index contributed by atoms with van der Waals surface area (Å²) in [5, 5.41) is 34.9. The summed E-state index contributed by atoms with van der Waals surface area (Å²) in [6.45, 7) is 7.30. The van der Waals surface area contributed by atoms with Gasteiger partial charge >= 0.3 is 77.3 Å². The first-order valence-electron chi connectivity index (χ1n) is 31.2. The smallest absolute Gasteiger partial charge is 0.542 e. The molecule has 0 spiro atoms. The van der Waals surface area contributed by atoms with Crippen LogP contribution < -0.4 is 57.2 Å². The van der Waals surface area contributed by atoms with E-state index in [4.69, 9.17) is 31.3 Å². The van der Waals surface area contributed by atoms with Crippen LogP contribution >= 0.6 is 11.6 Å². The summed E-state index contributed by atoms with van der Waals surface area (Å²) >= 11 is 5.59. The molecule has 108 heavy (non-hydrogen) atoms. The van der Waals surface area contributed by atoms with Crippen molar-refractivity contribution in [3.8, 4) is 22.8 Å². The molecule has 0 aliphatic heterocycles. The molecular formula is C65H58AgClF6N20NaO14. The third-order valence-corrected chi connectivity index (χ3v) is 14.5. The summed E-state index contributed by atoms with van der Waals surface area (Å²) in [6.07, 6.45) is 7.82. The van der Waals surface area contributed by atoms with Gasteiger partial charge in [-0.2, -0.15) is 36.5 Å². The van der Waals surface area contributed by atoms with Gasteiger partial charge in [0.25, 0.3) is 11.1 Å². The molecule has 34 nitrogen and oxygen atoms in total. The Balaban J connectivity index is 0.000000247. The minimum atomic E-state index is -4.49. The van der Waals surface area contributed by atoms with Crippen LogP contribution in [0.15, 0.2) is 166 Å². The van der Waals surface area contributed by atoms with Gasteiger partial charge in [-0.05, 0) is 86.3 Å². The van der Waals surface area contributed by atoms with Crippen molar-refractivity contribution in [2.45, 2.75) is 98.9 Å². The molecule has 2 aromatic carbocycles. The number of carboxylic acid groups (broad SMARTS) is 3. The van der Waals surface area contributed by atoms with E-state index in [9.17, 15) is 74.6 Å². The summed E-state index contributed by atoms with van der Waals surface area (Å²) in [6, 6.07) is 15.4. The number of nitrogens with zero attached hydrogens (tertiary/aromatic N) is 20. The summed E-state index contributed by atoms with van der Waals surface area (Å²) < 4.78 is 99.0. The van der Waals surface area contributed by atoms with Crippen molar-refractivity contribution >= 4 is 63.9 Å². The van der Waals surface area contributed by atoms with E-state index in [2.05, 4.69) is 60.0 Å². The second-order valence-corrected chi connectivity index (χ2v) is 21.7. The first-order valence-corrected chi connectivity index (χ1v) is 31.7. The van der Waals surface area contributed by atoms with E-state index >= 15 is 0 Å². The predicted octanol–water partition coefficient (Wildman–Crippen LogP) is 3.42. The van der Waals surface area contributed by atoms with Crippen LogP contribution in [0.25, 0.3) is 45.1 Å². The van der Waals surface area contributed by atoms with Gasteiger partial charge in [-0.1, -0.05) is 49.7 Å². The number of hydrogen-bond donors (Lipinski definition) is 2. The maximum atomic E-state index is 13.6. The van der Waals surface area contributed by atoms with Gasteiger partial charge in [0.15, 0.2) is 46.8 Å². The fourth-order valence-corrected chi connectivity index (χ4v) is 9.88. The van der Waals surface area contributed by atoms with Crippen molar-refractivity contribution in [2.75, 3.05) is 6.07 Å². The van der Waals surface area contributed by atoms with Crippen LogP contribution in [-0.2, 0) is 90.2 Å². The first kappa shape index (κ1) is 85.4. The van der Waals surface area contributed by atoms with Crippen LogP contribution in [0.5, 0.6) is 0 Å². The van der Waals surface area contributed by atoms with Crippen molar-refractivity contribution in [3.05, 3.63) is 234 Å². The molecule has 0 unspecified atom stereocenters. The second kappa shape index (κ2) is 39.2. The van der Waals surface area contributed by atoms with Gasteiger partial charge in [0.2, 0.25) is 17.5 Å². The van der Waals surface area contributed by atoms with E-state index in [0.717, 1.165) is 38.0 Å². The van der Waals surface area contributed by atoms with Gasteiger partial charge in [0.05, 0.1) is 47.7 Å². The zero-order valence-corrected chi connectivity index (χ0v) is 61.4. The topological polar surface area (TPSA) is 430 Å². The maximum absolute atomic E-state index is 13.6. The monoisotopic (exact) mass is 1620 g/mol. The minimum absolute atomic E-state index is 0. The van der Waals surface area contributed by atoms with Crippen LogP contribution in [0.2, 0.25) is 0 Å². The molecule has 563 valence electrons. The Morgan fingerprint density at radius 3 is 1.28 bits per heavy atom. The molecule has 12 rings (SSSR count). The van der Waals surface area contributed by atoms with E-state index in [-0.39, 0.29) is 154 Å². The van der Waals surface area contributed by atoms with Crippen molar-refractivity contribution in [3.63, 3.8) is 0 Å². The predicted molar refractivity (Wildman–Crippen MR) is 356 cm³/mol. The number of esters is 1. The number of carboxylic acids is 3. The zero-order chi connectivity index (χ0) is 77.0. The summed E-state index contributed by atoms with van der Waals surface area (Å²) in [5.41, 5.74) is -2.67. The molecule has 0 saturated heterocycles.